The Hall–Kier alpha value is -2.13. The fourth-order valence-corrected chi connectivity index (χ4v) is 3.86. The maximum atomic E-state index is 12.7. The second-order valence-corrected chi connectivity index (χ2v) is 7.51. The highest BCUT2D eigenvalue weighted by Gasteiger charge is 2.23. The normalized spacial score (nSPS) is 19.5. The van der Waals surface area contributed by atoms with Crippen LogP contribution < -0.4 is 10.6 Å². The van der Waals surface area contributed by atoms with Crippen LogP contribution in [0.3, 0.4) is 0 Å². The van der Waals surface area contributed by atoms with E-state index in [1.165, 1.54) is 18.4 Å². The lowest BCUT2D eigenvalue weighted by atomic mass is 9.85. The maximum Gasteiger partial charge on any atom is 0.220 e. The topological polar surface area (TPSA) is 41.1 Å². The predicted octanol–water partition coefficient (Wildman–Crippen LogP) is 4.11. The van der Waals surface area contributed by atoms with E-state index in [-0.39, 0.29) is 11.9 Å². The van der Waals surface area contributed by atoms with Crippen LogP contribution in [0.25, 0.3) is 0 Å². The van der Waals surface area contributed by atoms with Gasteiger partial charge in [-0.05, 0) is 55.3 Å². The van der Waals surface area contributed by atoms with Gasteiger partial charge in [0.2, 0.25) is 5.91 Å². The Morgan fingerprint density at radius 1 is 1.12 bits per heavy atom. The summed E-state index contributed by atoms with van der Waals surface area (Å²) < 4.78 is 0. The number of nitrogens with one attached hydrogen (secondary N) is 2. The van der Waals surface area contributed by atoms with Crippen LogP contribution in [0.2, 0.25) is 0 Å². The molecule has 1 saturated heterocycles. The van der Waals surface area contributed by atoms with Crippen molar-refractivity contribution in [3.05, 3.63) is 71.8 Å². The number of hydrogen-bond acceptors (Lipinski definition) is 2. The molecule has 2 N–H and O–H groups in total. The third-order valence-electron chi connectivity index (χ3n) is 5.47. The molecule has 1 fully saturated rings. The van der Waals surface area contributed by atoms with Crippen molar-refractivity contribution in [3.63, 3.8) is 0 Å². The van der Waals surface area contributed by atoms with E-state index in [0.717, 1.165) is 25.1 Å². The Morgan fingerprint density at radius 2 is 1.81 bits per heavy atom. The summed E-state index contributed by atoms with van der Waals surface area (Å²) in [7, 11) is 0. The average molecular weight is 351 g/mol. The first-order valence-electron chi connectivity index (χ1n) is 9.81. The van der Waals surface area contributed by atoms with E-state index in [2.05, 4.69) is 54.0 Å². The highest BCUT2D eigenvalue weighted by Crippen LogP contribution is 2.24. The largest absolute Gasteiger partial charge is 0.349 e. The van der Waals surface area contributed by atoms with Crippen molar-refractivity contribution in [3.8, 4) is 0 Å². The van der Waals surface area contributed by atoms with Crippen LogP contribution in [0.4, 0.5) is 0 Å². The van der Waals surface area contributed by atoms with Crippen LogP contribution in [0.15, 0.2) is 60.7 Å². The van der Waals surface area contributed by atoms with Gasteiger partial charge >= 0.3 is 0 Å². The zero-order chi connectivity index (χ0) is 18.2. The van der Waals surface area contributed by atoms with Crippen LogP contribution in [-0.4, -0.2) is 19.0 Å². The number of piperidine rings is 1. The minimum absolute atomic E-state index is 0.0165. The Balaban J connectivity index is 1.63. The molecule has 3 unspecified atom stereocenters. The maximum absolute atomic E-state index is 12.7. The molecule has 1 aliphatic rings. The molecule has 3 atom stereocenters. The lowest BCUT2D eigenvalue weighted by Crippen LogP contribution is -2.36. The fraction of sp³-hybridized carbons (Fsp3) is 0.435. The molecule has 0 spiro atoms. The standard InChI is InChI=1S/C23H30N2O/c1-18(21-13-8-14-24-17-21)15-23(26)25-22(20-11-6-3-7-12-20)16-19-9-4-2-5-10-19/h2-7,9-12,18,21-22,24H,8,13-17H2,1H3,(H,25,26). The monoisotopic (exact) mass is 350 g/mol. The second-order valence-electron chi connectivity index (χ2n) is 7.51. The summed E-state index contributed by atoms with van der Waals surface area (Å²) >= 11 is 0. The minimum Gasteiger partial charge on any atom is -0.349 e. The van der Waals surface area contributed by atoms with Crippen LogP contribution in [0.1, 0.15) is 43.4 Å². The van der Waals surface area contributed by atoms with Crippen molar-refractivity contribution in [2.24, 2.45) is 11.8 Å². The van der Waals surface area contributed by atoms with Crippen molar-refractivity contribution in [1.82, 2.24) is 10.6 Å². The van der Waals surface area contributed by atoms with E-state index in [0.29, 0.717) is 18.3 Å². The van der Waals surface area contributed by atoms with Gasteiger partial charge in [0.15, 0.2) is 0 Å². The van der Waals surface area contributed by atoms with E-state index in [9.17, 15) is 4.79 Å². The second kappa shape index (κ2) is 9.54. The highest BCUT2D eigenvalue weighted by molar-refractivity contribution is 5.76. The van der Waals surface area contributed by atoms with Gasteiger partial charge in [0.25, 0.3) is 0 Å². The van der Waals surface area contributed by atoms with Gasteiger partial charge in [-0.1, -0.05) is 67.6 Å². The molecule has 0 aliphatic carbocycles. The number of rotatable bonds is 7. The summed E-state index contributed by atoms with van der Waals surface area (Å²) in [5.41, 5.74) is 2.41. The van der Waals surface area contributed by atoms with Crippen molar-refractivity contribution in [2.75, 3.05) is 13.1 Å². The number of carbonyl (C=O) groups excluding carboxylic acids is 1. The third-order valence-corrected chi connectivity index (χ3v) is 5.47. The van der Waals surface area contributed by atoms with E-state index in [4.69, 9.17) is 0 Å². The average Bonchev–Trinajstić information content (AvgIpc) is 2.69. The molecule has 138 valence electrons. The summed E-state index contributed by atoms with van der Waals surface area (Å²) in [4.78, 5) is 12.7. The van der Waals surface area contributed by atoms with E-state index < -0.39 is 0 Å². The Bertz CT molecular complexity index is 665. The summed E-state index contributed by atoms with van der Waals surface area (Å²) in [5.74, 6) is 1.18. The molecular weight excluding hydrogens is 320 g/mol. The Kier molecular flexibility index (Phi) is 6.84. The van der Waals surface area contributed by atoms with Crippen molar-refractivity contribution in [1.29, 1.82) is 0 Å². The van der Waals surface area contributed by atoms with E-state index >= 15 is 0 Å². The molecule has 1 aliphatic heterocycles. The summed E-state index contributed by atoms with van der Waals surface area (Å²) in [5, 5.41) is 6.75. The third kappa shape index (κ3) is 5.43. The van der Waals surface area contributed by atoms with Gasteiger partial charge in [0.05, 0.1) is 6.04 Å². The highest BCUT2D eigenvalue weighted by atomic mass is 16.1. The quantitative estimate of drug-likeness (QED) is 0.789. The zero-order valence-corrected chi connectivity index (χ0v) is 15.7. The van der Waals surface area contributed by atoms with Crippen LogP contribution in [-0.2, 0) is 11.2 Å². The van der Waals surface area contributed by atoms with Crippen LogP contribution in [0, 0.1) is 11.8 Å². The smallest absolute Gasteiger partial charge is 0.220 e. The SMILES string of the molecule is CC(CC(=O)NC(Cc1ccccc1)c1ccccc1)C1CCCNC1. The molecule has 26 heavy (non-hydrogen) atoms. The summed E-state index contributed by atoms with van der Waals surface area (Å²) in [6.07, 6.45) is 3.87. The molecule has 1 heterocycles. The molecule has 3 rings (SSSR count). The van der Waals surface area contributed by atoms with Gasteiger partial charge in [-0.3, -0.25) is 4.79 Å². The zero-order valence-electron chi connectivity index (χ0n) is 15.7. The summed E-state index contributed by atoms with van der Waals surface area (Å²) in [6, 6.07) is 20.7. The van der Waals surface area contributed by atoms with E-state index in [1.807, 2.05) is 24.3 Å². The van der Waals surface area contributed by atoms with Gasteiger partial charge in [0, 0.05) is 6.42 Å². The first kappa shape index (κ1) is 18.7. The Morgan fingerprint density at radius 3 is 2.46 bits per heavy atom. The van der Waals surface area contributed by atoms with Crippen molar-refractivity contribution in [2.45, 2.75) is 38.6 Å². The predicted molar refractivity (Wildman–Crippen MR) is 107 cm³/mol. The van der Waals surface area contributed by atoms with Gasteiger partial charge in [-0.2, -0.15) is 0 Å². The Labute approximate surface area is 157 Å². The van der Waals surface area contributed by atoms with Gasteiger partial charge < -0.3 is 10.6 Å². The molecule has 1 amide bonds. The molecule has 3 heteroatoms. The first-order chi connectivity index (χ1) is 12.7. The molecule has 0 saturated carbocycles. The molecule has 3 nitrogen and oxygen atoms in total. The molecule has 2 aromatic rings. The van der Waals surface area contributed by atoms with Crippen molar-refractivity contribution < 1.29 is 4.79 Å². The number of carbonyl (C=O) groups is 1. The van der Waals surface area contributed by atoms with Gasteiger partial charge in [-0.25, -0.2) is 0 Å². The number of benzene rings is 2. The molecular formula is C23H30N2O. The number of amides is 1. The molecule has 0 bridgehead atoms. The van der Waals surface area contributed by atoms with Gasteiger partial charge in [-0.15, -0.1) is 0 Å². The number of hydrogen-bond donors (Lipinski definition) is 2. The fourth-order valence-electron chi connectivity index (χ4n) is 3.86. The molecule has 2 aromatic carbocycles. The molecule has 0 radical (unpaired) electrons. The van der Waals surface area contributed by atoms with Crippen molar-refractivity contribution >= 4 is 5.91 Å². The minimum atomic E-state index is 0.0165. The lowest BCUT2D eigenvalue weighted by Gasteiger charge is -2.28. The van der Waals surface area contributed by atoms with Gasteiger partial charge in [0.1, 0.15) is 0 Å². The first-order valence-corrected chi connectivity index (χ1v) is 9.81. The lowest BCUT2D eigenvalue weighted by molar-refractivity contribution is -0.123. The summed E-state index contributed by atoms with van der Waals surface area (Å²) in [6.45, 7) is 4.37. The van der Waals surface area contributed by atoms with Crippen LogP contribution in [0.5, 0.6) is 0 Å². The van der Waals surface area contributed by atoms with Crippen LogP contribution >= 0.6 is 0 Å². The molecule has 0 aromatic heterocycles. The van der Waals surface area contributed by atoms with E-state index in [1.54, 1.807) is 0 Å².